The first-order valence-corrected chi connectivity index (χ1v) is 17.0. The molecule has 228 valence electrons. The molecular formula is C31H52N2O6S. The number of aromatic hydroxyl groups is 3. The fourth-order valence-corrected chi connectivity index (χ4v) is 5.64. The van der Waals surface area contributed by atoms with E-state index in [4.69, 9.17) is 4.55 Å². The number of phenolic OH excluding ortho intramolecular Hbond substituents is 1. The van der Waals surface area contributed by atoms with E-state index in [0.717, 1.165) is 12.8 Å². The van der Waals surface area contributed by atoms with Crippen molar-refractivity contribution in [1.82, 2.24) is 4.57 Å². The van der Waals surface area contributed by atoms with Crippen LogP contribution >= 0.6 is 0 Å². The van der Waals surface area contributed by atoms with E-state index in [2.05, 4.69) is 12.2 Å². The Morgan fingerprint density at radius 2 is 1.25 bits per heavy atom. The molecule has 8 nitrogen and oxygen atoms in total. The SMILES string of the molecule is CCCCCCCCCCCCCCCCCCc1cc(O)n(-c2ccc(NCCCS(=O)(=O)O)cc2O)c1O. The van der Waals surface area contributed by atoms with Crippen molar-refractivity contribution in [3.05, 3.63) is 29.8 Å². The maximum absolute atomic E-state index is 10.8. The van der Waals surface area contributed by atoms with Crippen LogP contribution in [-0.4, -0.2) is 45.2 Å². The molecule has 0 bridgehead atoms. The van der Waals surface area contributed by atoms with Gasteiger partial charge < -0.3 is 20.6 Å². The van der Waals surface area contributed by atoms with Crippen molar-refractivity contribution in [2.75, 3.05) is 17.6 Å². The van der Waals surface area contributed by atoms with Crippen LogP contribution < -0.4 is 5.32 Å². The summed E-state index contributed by atoms with van der Waals surface area (Å²) in [5, 5.41) is 34.6. The van der Waals surface area contributed by atoms with E-state index in [9.17, 15) is 23.7 Å². The first kappa shape index (κ1) is 33.8. The molecule has 0 radical (unpaired) electrons. The average molecular weight is 581 g/mol. The standard InChI is InChI=1S/C31H52N2O6S/c1-2-3-4-5-6-7-8-9-10-11-12-13-14-15-16-17-19-26-24-30(35)33(31(26)36)28-21-20-27(25-29(28)34)32-22-18-23-40(37,38)39/h20-21,24-25,32,34-36H,2-19,22-23H2,1H3,(H,37,38,39). The van der Waals surface area contributed by atoms with Crippen molar-refractivity contribution in [3.8, 4) is 23.2 Å². The third kappa shape index (κ3) is 13.3. The highest BCUT2D eigenvalue weighted by Gasteiger charge is 2.18. The van der Waals surface area contributed by atoms with Gasteiger partial charge >= 0.3 is 0 Å². The van der Waals surface area contributed by atoms with Crippen LogP contribution in [0.25, 0.3) is 5.69 Å². The Morgan fingerprint density at radius 1 is 0.725 bits per heavy atom. The van der Waals surface area contributed by atoms with E-state index in [0.29, 0.717) is 24.2 Å². The Hall–Kier alpha value is -2.39. The predicted molar refractivity (Wildman–Crippen MR) is 164 cm³/mol. The number of hydrogen-bond acceptors (Lipinski definition) is 6. The molecule has 0 spiro atoms. The summed E-state index contributed by atoms with van der Waals surface area (Å²) in [6.07, 6.45) is 21.7. The Bertz CT molecular complexity index is 1080. The van der Waals surface area contributed by atoms with E-state index in [-0.39, 0.29) is 35.4 Å². The number of phenols is 1. The van der Waals surface area contributed by atoms with Gasteiger partial charge in [0.25, 0.3) is 10.1 Å². The first-order valence-electron chi connectivity index (χ1n) is 15.4. The van der Waals surface area contributed by atoms with Gasteiger partial charge in [-0.3, -0.25) is 4.55 Å². The second kappa shape index (κ2) is 18.9. The molecule has 5 N–H and O–H groups in total. The Balaban J connectivity index is 1.63. The molecule has 2 rings (SSSR count). The van der Waals surface area contributed by atoms with E-state index >= 15 is 0 Å². The van der Waals surface area contributed by atoms with Crippen molar-refractivity contribution in [3.63, 3.8) is 0 Å². The number of anilines is 1. The summed E-state index contributed by atoms with van der Waals surface area (Å²) in [6.45, 7) is 2.56. The maximum atomic E-state index is 10.8. The fourth-order valence-electron chi connectivity index (χ4n) is 5.13. The van der Waals surface area contributed by atoms with Crippen LogP contribution in [0.2, 0.25) is 0 Å². The molecular weight excluding hydrogens is 528 g/mol. The second-order valence-electron chi connectivity index (χ2n) is 11.0. The molecule has 40 heavy (non-hydrogen) atoms. The lowest BCUT2D eigenvalue weighted by Crippen LogP contribution is -2.10. The molecule has 0 saturated heterocycles. The summed E-state index contributed by atoms with van der Waals surface area (Å²) in [5.74, 6) is -0.720. The minimum atomic E-state index is -4.01. The Morgan fingerprint density at radius 3 is 1.75 bits per heavy atom. The van der Waals surface area contributed by atoms with Crippen LogP contribution in [0, 0.1) is 0 Å². The van der Waals surface area contributed by atoms with Crippen LogP contribution in [0.1, 0.15) is 122 Å². The van der Waals surface area contributed by atoms with Crippen molar-refractivity contribution in [2.45, 2.75) is 122 Å². The molecule has 1 aromatic carbocycles. The second-order valence-corrected chi connectivity index (χ2v) is 12.6. The topological polar surface area (TPSA) is 132 Å². The van der Waals surface area contributed by atoms with Gasteiger partial charge in [0, 0.05) is 29.9 Å². The Kier molecular flexibility index (Phi) is 15.9. The van der Waals surface area contributed by atoms with Gasteiger partial charge in [0.05, 0.1) is 11.4 Å². The highest BCUT2D eigenvalue weighted by molar-refractivity contribution is 7.85. The highest BCUT2D eigenvalue weighted by atomic mass is 32.2. The zero-order chi connectivity index (χ0) is 29.2. The van der Waals surface area contributed by atoms with Crippen LogP contribution in [0.4, 0.5) is 5.69 Å². The monoisotopic (exact) mass is 580 g/mol. The summed E-state index contributed by atoms with van der Waals surface area (Å²) < 4.78 is 31.6. The van der Waals surface area contributed by atoms with Crippen molar-refractivity contribution in [1.29, 1.82) is 0 Å². The molecule has 2 aromatic rings. The van der Waals surface area contributed by atoms with Gasteiger partial charge in [-0.15, -0.1) is 0 Å². The van der Waals surface area contributed by atoms with Gasteiger partial charge in [0.15, 0.2) is 5.88 Å². The van der Waals surface area contributed by atoms with E-state index in [1.807, 2.05) is 0 Å². The molecule has 0 atom stereocenters. The molecule has 1 aromatic heterocycles. The molecule has 0 aliphatic carbocycles. The van der Waals surface area contributed by atoms with Crippen molar-refractivity contribution >= 4 is 15.8 Å². The van der Waals surface area contributed by atoms with Gasteiger partial charge in [-0.1, -0.05) is 103 Å². The van der Waals surface area contributed by atoms with Gasteiger partial charge in [-0.05, 0) is 31.4 Å². The molecule has 0 fully saturated rings. The van der Waals surface area contributed by atoms with Gasteiger partial charge in [-0.25, -0.2) is 4.57 Å². The lowest BCUT2D eigenvalue weighted by atomic mass is 10.0. The average Bonchev–Trinajstić information content (AvgIpc) is 3.18. The largest absolute Gasteiger partial charge is 0.506 e. The normalized spacial score (nSPS) is 11.8. The van der Waals surface area contributed by atoms with Crippen molar-refractivity contribution in [2.24, 2.45) is 0 Å². The summed E-state index contributed by atoms with van der Waals surface area (Å²) in [6, 6.07) is 6.22. The van der Waals surface area contributed by atoms with E-state index in [1.165, 1.54) is 101 Å². The number of hydrogen-bond donors (Lipinski definition) is 5. The zero-order valence-corrected chi connectivity index (χ0v) is 25.2. The number of benzene rings is 1. The molecule has 0 unspecified atom stereocenters. The minimum absolute atomic E-state index is 0.0809. The van der Waals surface area contributed by atoms with Gasteiger partial charge in [0.2, 0.25) is 5.88 Å². The van der Waals surface area contributed by atoms with E-state index in [1.54, 1.807) is 18.2 Å². The third-order valence-corrected chi connectivity index (χ3v) is 8.26. The molecule has 1 heterocycles. The van der Waals surface area contributed by atoms with Gasteiger partial charge in [0.1, 0.15) is 5.75 Å². The van der Waals surface area contributed by atoms with Crippen LogP contribution in [0.3, 0.4) is 0 Å². The quantitative estimate of drug-likeness (QED) is 0.0663. The number of aryl methyl sites for hydroxylation is 1. The fraction of sp³-hybridized carbons (Fsp3) is 0.677. The number of unbranched alkanes of at least 4 members (excludes halogenated alkanes) is 15. The van der Waals surface area contributed by atoms with Crippen LogP contribution in [0.15, 0.2) is 24.3 Å². The predicted octanol–water partition coefficient (Wildman–Crippen LogP) is 8.09. The molecule has 0 aliphatic heterocycles. The van der Waals surface area contributed by atoms with Gasteiger partial charge in [-0.2, -0.15) is 8.42 Å². The minimum Gasteiger partial charge on any atom is -0.506 e. The van der Waals surface area contributed by atoms with Crippen LogP contribution in [-0.2, 0) is 16.5 Å². The van der Waals surface area contributed by atoms with Crippen LogP contribution in [0.5, 0.6) is 17.5 Å². The molecule has 0 amide bonds. The number of nitrogens with zero attached hydrogens (tertiary/aromatic N) is 1. The summed E-state index contributed by atoms with van der Waals surface area (Å²) in [4.78, 5) is 0. The smallest absolute Gasteiger partial charge is 0.264 e. The summed E-state index contributed by atoms with van der Waals surface area (Å²) in [5.41, 5.74) is 1.45. The number of rotatable bonds is 23. The summed E-state index contributed by atoms with van der Waals surface area (Å²) >= 11 is 0. The molecule has 9 heteroatoms. The number of aromatic nitrogens is 1. The van der Waals surface area contributed by atoms with E-state index < -0.39 is 10.1 Å². The lowest BCUT2D eigenvalue weighted by molar-refractivity contribution is 0.394. The first-order chi connectivity index (χ1) is 19.2. The number of nitrogens with one attached hydrogen (secondary N) is 1. The molecule has 0 aliphatic rings. The third-order valence-electron chi connectivity index (χ3n) is 7.46. The highest BCUT2D eigenvalue weighted by Crippen LogP contribution is 2.37. The molecule has 0 saturated carbocycles. The lowest BCUT2D eigenvalue weighted by Gasteiger charge is -2.12. The van der Waals surface area contributed by atoms with Crippen molar-refractivity contribution < 1.29 is 28.3 Å². The summed E-state index contributed by atoms with van der Waals surface area (Å²) in [7, 11) is -4.01. The zero-order valence-electron chi connectivity index (χ0n) is 24.4. The maximum Gasteiger partial charge on any atom is 0.264 e. The Labute approximate surface area is 241 Å².